The van der Waals surface area contributed by atoms with Crippen LogP contribution >= 0.6 is 11.8 Å². The summed E-state index contributed by atoms with van der Waals surface area (Å²) in [5.41, 5.74) is 6.87. The number of aliphatic hydroxyl groups excluding tert-OH is 2. The fourth-order valence-electron chi connectivity index (χ4n) is 6.66. The second-order valence-corrected chi connectivity index (χ2v) is 17.7. The standard InChI is InChI=1S/C47H61N9O17S/c1-24(58)40(48)46(71)56-36(23-57)45(70)53-33(18-26-5-11-29(60)12-6-26)43(68)52-32(17-25-3-9-28(59)10-4-25)41(66)50-21-37(62)49-22-38(63)51-31(15-16-74-2)42(67)54-34(20-39(64)65)44(69)55-35(47(72)73)19-27-7-13-30(61)14-8-27/h3-14,24,31-36,40,57-61H,15-23,48H2,1-2H3,(H,49,62)(H,50,66)(H,51,63)(H,52,68)(H,53,70)(H,54,67)(H,55,69)(H,56,71)(H,64,65)(H,72,73)/t24-,31+,32+,33+,34+,35+,36+,40+/m1/s1. The number of hydrogen-bond acceptors (Lipinski definition) is 17. The predicted octanol–water partition coefficient (Wildman–Crippen LogP) is -4.01. The molecule has 0 aliphatic carbocycles. The minimum atomic E-state index is -1.80. The third-order valence-electron chi connectivity index (χ3n) is 10.8. The number of nitrogens with one attached hydrogen (secondary N) is 8. The maximum atomic E-state index is 14.0. The van der Waals surface area contributed by atoms with Gasteiger partial charge in [-0.2, -0.15) is 11.8 Å². The first-order valence-electron chi connectivity index (χ1n) is 22.7. The highest BCUT2D eigenvalue weighted by Crippen LogP contribution is 2.15. The van der Waals surface area contributed by atoms with E-state index in [2.05, 4.69) is 42.5 Å². The Kier molecular flexibility index (Phi) is 24.5. The van der Waals surface area contributed by atoms with Gasteiger partial charge in [-0.25, -0.2) is 4.79 Å². The monoisotopic (exact) mass is 1060 g/mol. The number of rotatable bonds is 30. The number of carbonyl (C=O) groups excluding carboxylic acids is 8. The molecule has 0 spiro atoms. The highest BCUT2D eigenvalue weighted by molar-refractivity contribution is 7.98. The van der Waals surface area contributed by atoms with Gasteiger partial charge in [0.1, 0.15) is 59.5 Å². The predicted molar refractivity (Wildman–Crippen MR) is 263 cm³/mol. The normalized spacial score (nSPS) is 14.1. The average molecular weight is 1060 g/mol. The van der Waals surface area contributed by atoms with E-state index >= 15 is 0 Å². The summed E-state index contributed by atoms with van der Waals surface area (Å²) in [6.45, 7) is -1.27. The van der Waals surface area contributed by atoms with Crippen LogP contribution in [0.3, 0.4) is 0 Å². The molecule has 17 N–H and O–H groups in total. The van der Waals surface area contributed by atoms with Gasteiger partial charge in [-0.15, -0.1) is 0 Å². The van der Waals surface area contributed by atoms with Crippen LogP contribution in [0.25, 0.3) is 0 Å². The number of carboxylic acid groups (broad SMARTS) is 2. The Morgan fingerprint density at radius 1 is 0.514 bits per heavy atom. The van der Waals surface area contributed by atoms with Crippen LogP contribution in [0.1, 0.15) is 36.5 Å². The molecule has 0 saturated heterocycles. The lowest BCUT2D eigenvalue weighted by Gasteiger charge is -2.26. The number of thioether (sulfide) groups is 1. The molecular weight excluding hydrogens is 995 g/mol. The molecule has 3 rings (SSSR count). The Balaban J connectivity index is 1.72. The second kappa shape index (κ2) is 30.1. The Hall–Kier alpha value is -8.01. The summed E-state index contributed by atoms with van der Waals surface area (Å²) in [6, 6.07) is 5.53. The molecule has 26 nitrogen and oxygen atoms in total. The largest absolute Gasteiger partial charge is 0.508 e. The van der Waals surface area contributed by atoms with Gasteiger partial charge in [-0.1, -0.05) is 36.4 Å². The number of carbonyl (C=O) groups is 10. The van der Waals surface area contributed by atoms with Crippen LogP contribution in [0.4, 0.5) is 0 Å². The molecule has 3 aromatic carbocycles. The van der Waals surface area contributed by atoms with E-state index in [1.807, 2.05) is 0 Å². The number of aliphatic carboxylic acids is 2. The van der Waals surface area contributed by atoms with E-state index in [1.54, 1.807) is 6.26 Å². The van der Waals surface area contributed by atoms with Crippen LogP contribution in [0.15, 0.2) is 72.8 Å². The van der Waals surface area contributed by atoms with Gasteiger partial charge in [-0.3, -0.25) is 43.2 Å². The molecule has 74 heavy (non-hydrogen) atoms. The SMILES string of the molecule is CSCC[C@H](NC(=O)CNC(=O)CNC(=O)[C@H](Cc1ccc(O)cc1)NC(=O)[C@H](Cc1ccc(O)cc1)NC(=O)[C@H](CO)NC(=O)[C@@H](N)[C@@H](C)O)C(=O)N[C@@H](CC(=O)O)C(=O)N[C@@H](Cc1ccc(O)cc1)C(=O)O. The summed E-state index contributed by atoms with van der Waals surface area (Å²) in [5, 5.41) is 86.7. The van der Waals surface area contributed by atoms with Crippen molar-refractivity contribution in [2.75, 3.05) is 31.7 Å². The molecular formula is C47H61N9O17S. The molecule has 27 heteroatoms. The maximum Gasteiger partial charge on any atom is 0.326 e. The third kappa shape index (κ3) is 21.0. The summed E-state index contributed by atoms with van der Waals surface area (Å²) < 4.78 is 0. The van der Waals surface area contributed by atoms with Crippen molar-refractivity contribution in [3.8, 4) is 17.2 Å². The fourth-order valence-corrected chi connectivity index (χ4v) is 7.13. The zero-order valence-electron chi connectivity index (χ0n) is 40.1. The van der Waals surface area contributed by atoms with Gasteiger partial charge in [-0.05, 0) is 78.4 Å². The molecule has 0 saturated carbocycles. The molecule has 0 unspecified atom stereocenters. The van der Waals surface area contributed by atoms with Crippen molar-refractivity contribution in [3.05, 3.63) is 89.5 Å². The van der Waals surface area contributed by atoms with E-state index in [4.69, 9.17) is 5.73 Å². The maximum absolute atomic E-state index is 14.0. The quantitative estimate of drug-likeness (QED) is 0.0302. The molecule has 402 valence electrons. The summed E-state index contributed by atoms with van der Waals surface area (Å²) >= 11 is 1.27. The molecule has 0 fully saturated rings. The van der Waals surface area contributed by atoms with Crippen LogP contribution in [-0.2, 0) is 67.2 Å². The van der Waals surface area contributed by atoms with Crippen molar-refractivity contribution >= 4 is 71.0 Å². The molecule has 0 aliphatic rings. The third-order valence-corrected chi connectivity index (χ3v) is 11.4. The molecule has 8 amide bonds. The summed E-state index contributed by atoms with van der Waals surface area (Å²) in [7, 11) is 0. The molecule has 0 radical (unpaired) electrons. The highest BCUT2D eigenvalue weighted by Gasteiger charge is 2.33. The van der Waals surface area contributed by atoms with Crippen LogP contribution in [0, 0.1) is 0 Å². The Labute approximate surface area is 427 Å². The van der Waals surface area contributed by atoms with Crippen molar-refractivity contribution in [3.63, 3.8) is 0 Å². The average Bonchev–Trinajstić information content (AvgIpc) is 3.35. The lowest BCUT2D eigenvalue weighted by Crippen LogP contribution is -2.60. The number of aliphatic hydroxyl groups is 2. The van der Waals surface area contributed by atoms with Gasteiger partial charge in [0, 0.05) is 19.3 Å². The molecule has 0 heterocycles. The molecule has 0 aliphatic heterocycles. The van der Waals surface area contributed by atoms with E-state index in [9.17, 15) is 83.7 Å². The molecule has 3 aromatic rings. The van der Waals surface area contributed by atoms with Gasteiger partial charge in [0.25, 0.3) is 0 Å². The Bertz CT molecular complexity index is 2430. The van der Waals surface area contributed by atoms with Gasteiger partial charge < -0.3 is 84.0 Å². The lowest BCUT2D eigenvalue weighted by atomic mass is 10.0. The van der Waals surface area contributed by atoms with Crippen LogP contribution in [-0.4, -0.2) is 175 Å². The zero-order valence-corrected chi connectivity index (χ0v) is 40.9. The smallest absolute Gasteiger partial charge is 0.326 e. The molecule has 0 bridgehead atoms. The first-order chi connectivity index (χ1) is 35.0. The molecule has 0 aromatic heterocycles. The zero-order chi connectivity index (χ0) is 55.1. The summed E-state index contributed by atoms with van der Waals surface area (Å²) in [4.78, 5) is 130. The van der Waals surface area contributed by atoms with Gasteiger partial charge in [0.05, 0.1) is 32.2 Å². The van der Waals surface area contributed by atoms with E-state index in [1.165, 1.54) is 91.5 Å². The van der Waals surface area contributed by atoms with Crippen molar-refractivity contribution < 1.29 is 83.7 Å². The van der Waals surface area contributed by atoms with E-state index in [0.717, 1.165) is 0 Å². The van der Waals surface area contributed by atoms with Gasteiger partial charge in [0.2, 0.25) is 47.3 Å². The van der Waals surface area contributed by atoms with Gasteiger partial charge in [0.15, 0.2) is 0 Å². The van der Waals surface area contributed by atoms with Crippen LogP contribution < -0.4 is 48.3 Å². The van der Waals surface area contributed by atoms with E-state index < -0.39 is 134 Å². The topological polar surface area (TPSA) is 435 Å². The van der Waals surface area contributed by atoms with E-state index in [0.29, 0.717) is 16.7 Å². The minimum Gasteiger partial charge on any atom is -0.508 e. The summed E-state index contributed by atoms with van der Waals surface area (Å²) in [6.07, 6.45) is -1.43. The minimum absolute atomic E-state index is 0.0480. The van der Waals surface area contributed by atoms with Crippen molar-refractivity contribution in [1.82, 2.24) is 42.5 Å². The van der Waals surface area contributed by atoms with Crippen LogP contribution in [0.2, 0.25) is 0 Å². The first-order valence-corrected chi connectivity index (χ1v) is 24.1. The second-order valence-electron chi connectivity index (χ2n) is 16.7. The summed E-state index contributed by atoms with van der Waals surface area (Å²) in [5.74, 6) is -11.1. The fraction of sp³-hybridized carbons (Fsp3) is 0.404. The number of benzene rings is 3. The number of phenols is 3. The van der Waals surface area contributed by atoms with Gasteiger partial charge >= 0.3 is 11.9 Å². The molecule has 8 atom stereocenters. The van der Waals surface area contributed by atoms with E-state index in [-0.39, 0.29) is 48.7 Å². The number of nitrogens with two attached hydrogens (primary N) is 1. The Morgan fingerprint density at radius 3 is 1.35 bits per heavy atom. The lowest BCUT2D eigenvalue weighted by molar-refractivity contribution is -0.143. The van der Waals surface area contributed by atoms with Crippen LogP contribution in [0.5, 0.6) is 17.2 Å². The number of amides is 8. The van der Waals surface area contributed by atoms with Crippen molar-refractivity contribution in [2.24, 2.45) is 5.73 Å². The number of phenolic OH excluding ortho intramolecular Hbond substituents is 3. The van der Waals surface area contributed by atoms with Crippen molar-refractivity contribution in [1.29, 1.82) is 0 Å². The van der Waals surface area contributed by atoms with Crippen molar-refractivity contribution in [2.45, 2.75) is 87.4 Å². The number of carboxylic acids is 2. The highest BCUT2D eigenvalue weighted by atomic mass is 32.2. The Morgan fingerprint density at radius 2 is 0.905 bits per heavy atom. The number of aromatic hydroxyl groups is 3. The number of hydrogen-bond donors (Lipinski definition) is 16. The first kappa shape index (κ1) is 60.3.